The van der Waals surface area contributed by atoms with Crippen LogP contribution in [0.3, 0.4) is 0 Å². The topological polar surface area (TPSA) is 35.5 Å². The van der Waals surface area contributed by atoms with Gasteiger partial charge >= 0.3 is 5.97 Å². The first kappa shape index (κ1) is 14.9. The molecule has 0 spiro atoms. The Morgan fingerprint density at radius 1 is 0.696 bits per heavy atom. The second-order valence-corrected chi connectivity index (χ2v) is 5.14. The molecule has 0 aromatic heterocycles. The van der Waals surface area contributed by atoms with E-state index in [1.54, 1.807) is 48.5 Å². The van der Waals surface area contributed by atoms with Gasteiger partial charge < -0.3 is 9.47 Å². The predicted octanol–water partition coefficient (Wildman–Crippen LogP) is 5.01. The van der Waals surface area contributed by atoms with E-state index in [0.717, 1.165) is 5.75 Å². The van der Waals surface area contributed by atoms with Gasteiger partial charge in [-0.15, -0.1) is 0 Å². The van der Waals surface area contributed by atoms with Crippen LogP contribution in [0.5, 0.6) is 17.2 Å². The fraction of sp³-hybridized carbons (Fsp3) is 0.0500. The summed E-state index contributed by atoms with van der Waals surface area (Å²) in [5, 5.41) is 0. The lowest BCUT2D eigenvalue weighted by molar-refractivity contribution is 0.0734. The Bertz CT molecular complexity index is 775. The third kappa shape index (κ3) is 3.98. The fourth-order valence-corrected chi connectivity index (χ4v) is 2.06. The monoisotopic (exact) mass is 304 g/mol. The van der Waals surface area contributed by atoms with Gasteiger partial charge in [-0.25, -0.2) is 4.79 Å². The van der Waals surface area contributed by atoms with Crippen molar-refractivity contribution in [2.45, 2.75) is 6.92 Å². The van der Waals surface area contributed by atoms with Gasteiger partial charge in [0, 0.05) is 0 Å². The summed E-state index contributed by atoms with van der Waals surface area (Å²) >= 11 is 0. The molecule has 23 heavy (non-hydrogen) atoms. The van der Waals surface area contributed by atoms with E-state index < -0.39 is 0 Å². The van der Waals surface area contributed by atoms with Gasteiger partial charge in [-0.3, -0.25) is 0 Å². The summed E-state index contributed by atoms with van der Waals surface area (Å²) in [4.78, 5) is 12.0. The fourth-order valence-electron chi connectivity index (χ4n) is 2.06. The van der Waals surface area contributed by atoms with E-state index in [1.807, 2.05) is 37.3 Å². The van der Waals surface area contributed by atoms with Crippen LogP contribution in [0.1, 0.15) is 15.9 Å². The first-order valence-corrected chi connectivity index (χ1v) is 7.32. The van der Waals surface area contributed by atoms with Crippen molar-refractivity contribution in [2.75, 3.05) is 0 Å². The standard InChI is InChI=1S/C20H16O3/c1-15-7-9-17(10-8-15)22-18-11-13-19(14-12-18)23-20(21)16-5-3-2-4-6-16/h2-14H,1H3. The third-order valence-electron chi connectivity index (χ3n) is 3.30. The first-order valence-electron chi connectivity index (χ1n) is 7.32. The Balaban J connectivity index is 1.65. The van der Waals surface area contributed by atoms with Crippen molar-refractivity contribution in [1.29, 1.82) is 0 Å². The van der Waals surface area contributed by atoms with E-state index in [9.17, 15) is 4.79 Å². The number of ether oxygens (including phenoxy) is 2. The highest BCUT2D eigenvalue weighted by Gasteiger charge is 2.07. The lowest BCUT2D eigenvalue weighted by Crippen LogP contribution is -2.07. The minimum atomic E-state index is -0.377. The van der Waals surface area contributed by atoms with Gasteiger partial charge in [0.15, 0.2) is 0 Å². The Hall–Kier alpha value is -3.07. The summed E-state index contributed by atoms with van der Waals surface area (Å²) in [6, 6.07) is 23.7. The summed E-state index contributed by atoms with van der Waals surface area (Å²) in [7, 11) is 0. The van der Waals surface area contributed by atoms with Crippen molar-refractivity contribution >= 4 is 5.97 Å². The molecule has 0 unspecified atom stereocenters. The minimum Gasteiger partial charge on any atom is -0.457 e. The molecule has 0 fully saturated rings. The van der Waals surface area contributed by atoms with E-state index in [4.69, 9.17) is 9.47 Å². The zero-order valence-electron chi connectivity index (χ0n) is 12.7. The summed E-state index contributed by atoms with van der Waals surface area (Å²) < 4.78 is 11.1. The number of esters is 1. The maximum Gasteiger partial charge on any atom is 0.343 e. The molecule has 3 aromatic rings. The number of hydrogen-bond donors (Lipinski definition) is 0. The van der Waals surface area contributed by atoms with Crippen molar-refractivity contribution in [3.63, 3.8) is 0 Å². The van der Waals surface area contributed by atoms with Gasteiger partial charge in [0.2, 0.25) is 0 Å². The molecule has 0 aliphatic heterocycles. The van der Waals surface area contributed by atoms with Crippen LogP contribution in [0.4, 0.5) is 0 Å². The zero-order chi connectivity index (χ0) is 16.1. The Morgan fingerprint density at radius 3 is 1.83 bits per heavy atom. The Labute approximate surface area is 135 Å². The Morgan fingerprint density at radius 2 is 1.22 bits per heavy atom. The van der Waals surface area contributed by atoms with Gasteiger partial charge in [-0.1, -0.05) is 35.9 Å². The lowest BCUT2D eigenvalue weighted by atomic mass is 10.2. The van der Waals surface area contributed by atoms with E-state index in [1.165, 1.54) is 5.56 Å². The molecule has 0 amide bonds. The molecule has 3 heteroatoms. The predicted molar refractivity (Wildman–Crippen MR) is 89.1 cm³/mol. The average molecular weight is 304 g/mol. The highest BCUT2D eigenvalue weighted by molar-refractivity contribution is 5.90. The molecule has 0 aliphatic rings. The molecule has 3 aromatic carbocycles. The highest BCUT2D eigenvalue weighted by atomic mass is 16.5. The van der Waals surface area contributed by atoms with Crippen molar-refractivity contribution in [3.05, 3.63) is 90.0 Å². The van der Waals surface area contributed by atoms with Gasteiger partial charge in [0.1, 0.15) is 17.2 Å². The molecule has 0 saturated carbocycles. The third-order valence-corrected chi connectivity index (χ3v) is 3.30. The van der Waals surface area contributed by atoms with Crippen LogP contribution < -0.4 is 9.47 Å². The van der Waals surface area contributed by atoms with Crippen LogP contribution >= 0.6 is 0 Å². The number of rotatable bonds is 4. The second-order valence-electron chi connectivity index (χ2n) is 5.14. The van der Waals surface area contributed by atoms with Crippen molar-refractivity contribution in [2.24, 2.45) is 0 Å². The number of aryl methyl sites for hydroxylation is 1. The largest absolute Gasteiger partial charge is 0.457 e. The zero-order valence-corrected chi connectivity index (χ0v) is 12.7. The number of carbonyl (C=O) groups excluding carboxylic acids is 1. The molecule has 0 radical (unpaired) electrons. The second kappa shape index (κ2) is 6.79. The van der Waals surface area contributed by atoms with Crippen LogP contribution in [0.2, 0.25) is 0 Å². The van der Waals surface area contributed by atoms with E-state index >= 15 is 0 Å². The maximum atomic E-state index is 12.0. The van der Waals surface area contributed by atoms with Crippen LogP contribution in [-0.4, -0.2) is 5.97 Å². The SMILES string of the molecule is Cc1ccc(Oc2ccc(OC(=O)c3ccccc3)cc2)cc1. The first-order chi connectivity index (χ1) is 11.2. The molecule has 0 atom stereocenters. The average Bonchev–Trinajstić information content (AvgIpc) is 2.59. The number of carbonyl (C=O) groups is 1. The molecule has 3 rings (SSSR count). The number of hydrogen-bond acceptors (Lipinski definition) is 3. The molecule has 3 nitrogen and oxygen atoms in total. The Kier molecular flexibility index (Phi) is 4.39. The molecule has 0 heterocycles. The summed E-state index contributed by atoms with van der Waals surface area (Å²) in [6.07, 6.45) is 0. The molecule has 0 aliphatic carbocycles. The maximum absolute atomic E-state index is 12.0. The molecule has 0 N–H and O–H groups in total. The van der Waals surface area contributed by atoms with Crippen LogP contribution in [0.25, 0.3) is 0 Å². The minimum absolute atomic E-state index is 0.377. The molecule has 0 bridgehead atoms. The number of benzene rings is 3. The highest BCUT2D eigenvalue weighted by Crippen LogP contribution is 2.24. The summed E-state index contributed by atoms with van der Waals surface area (Å²) in [5.74, 6) is 1.56. The summed E-state index contributed by atoms with van der Waals surface area (Å²) in [6.45, 7) is 2.03. The van der Waals surface area contributed by atoms with Crippen LogP contribution in [0.15, 0.2) is 78.9 Å². The van der Waals surface area contributed by atoms with Gasteiger partial charge in [-0.05, 0) is 55.5 Å². The van der Waals surface area contributed by atoms with Gasteiger partial charge in [-0.2, -0.15) is 0 Å². The normalized spacial score (nSPS) is 10.1. The van der Waals surface area contributed by atoms with E-state index in [2.05, 4.69) is 0 Å². The molecule has 0 saturated heterocycles. The van der Waals surface area contributed by atoms with Crippen molar-refractivity contribution < 1.29 is 14.3 Å². The van der Waals surface area contributed by atoms with Crippen LogP contribution in [0, 0.1) is 6.92 Å². The van der Waals surface area contributed by atoms with Crippen LogP contribution in [-0.2, 0) is 0 Å². The van der Waals surface area contributed by atoms with Gasteiger partial charge in [0.25, 0.3) is 0 Å². The molecular formula is C20H16O3. The molecule has 114 valence electrons. The summed E-state index contributed by atoms with van der Waals surface area (Å²) in [5.41, 5.74) is 1.70. The van der Waals surface area contributed by atoms with E-state index in [-0.39, 0.29) is 5.97 Å². The quantitative estimate of drug-likeness (QED) is 0.502. The van der Waals surface area contributed by atoms with E-state index in [0.29, 0.717) is 17.1 Å². The van der Waals surface area contributed by atoms with Gasteiger partial charge in [0.05, 0.1) is 5.56 Å². The van der Waals surface area contributed by atoms with Crippen molar-refractivity contribution in [3.8, 4) is 17.2 Å². The molecular weight excluding hydrogens is 288 g/mol. The lowest BCUT2D eigenvalue weighted by Gasteiger charge is -2.08. The van der Waals surface area contributed by atoms with Crippen molar-refractivity contribution in [1.82, 2.24) is 0 Å². The smallest absolute Gasteiger partial charge is 0.343 e.